The average Bonchev–Trinajstić information content (AvgIpc) is 3.67. The van der Waals surface area contributed by atoms with Crippen LogP contribution < -0.4 is 29.6 Å². The molecule has 2 aromatic heterocycles. The molecule has 2 N–H and O–H groups in total. The molecule has 0 saturated carbocycles. The first-order valence-electron chi connectivity index (χ1n) is 29.3. The highest BCUT2D eigenvalue weighted by atomic mass is 16.6. The molecule has 4 rings (SSSR count). The average molecular weight is 1220 g/mol. The molecular formula is C58H90N8O20. The van der Waals surface area contributed by atoms with Crippen LogP contribution in [0.4, 0.5) is 0 Å². The van der Waals surface area contributed by atoms with Gasteiger partial charge in [-0.1, -0.05) is 10.4 Å². The summed E-state index contributed by atoms with van der Waals surface area (Å²) in [6, 6.07) is 9.65. The Labute approximate surface area is 503 Å². The summed E-state index contributed by atoms with van der Waals surface area (Å²) in [5.41, 5.74) is 1.59. The molecule has 4 aromatic rings. The first-order valence-corrected chi connectivity index (χ1v) is 29.3. The molecule has 86 heavy (non-hydrogen) atoms. The van der Waals surface area contributed by atoms with E-state index in [0.29, 0.717) is 205 Å². The van der Waals surface area contributed by atoms with Crippen LogP contribution in [0.2, 0.25) is 0 Å². The normalized spacial score (nSPS) is 11.2. The molecule has 2 heterocycles. The van der Waals surface area contributed by atoms with Gasteiger partial charge in [0.2, 0.25) is 0 Å². The Morgan fingerprint density at radius 3 is 1.05 bits per heavy atom. The topological polar surface area (TPSA) is 301 Å². The number of hydrogen-bond acceptors (Lipinski definition) is 24. The van der Waals surface area contributed by atoms with Crippen LogP contribution in [0.15, 0.2) is 48.8 Å². The van der Waals surface area contributed by atoms with Crippen molar-refractivity contribution in [3.63, 3.8) is 0 Å². The van der Waals surface area contributed by atoms with Gasteiger partial charge in [0.15, 0.2) is 0 Å². The van der Waals surface area contributed by atoms with Crippen LogP contribution in [0.3, 0.4) is 0 Å². The van der Waals surface area contributed by atoms with E-state index in [1.165, 1.54) is 0 Å². The number of methoxy groups -OCH3 is 2. The number of nitrogens with zero attached hydrogens (tertiary/aromatic N) is 6. The van der Waals surface area contributed by atoms with Crippen molar-refractivity contribution in [2.24, 2.45) is 0 Å². The maximum Gasteiger partial charge on any atom is 0.305 e. The molecule has 0 radical (unpaired) electrons. The molecule has 0 aliphatic rings. The number of rotatable bonds is 55. The van der Waals surface area contributed by atoms with E-state index >= 15 is 0 Å². The number of carbonyl (C=O) groups is 4. The number of ether oxygens (including phenoxy) is 16. The van der Waals surface area contributed by atoms with E-state index in [2.05, 4.69) is 31.3 Å². The fraction of sp³-hybridized carbons (Fsp3) is 0.655. The van der Waals surface area contributed by atoms with Gasteiger partial charge in [-0.2, -0.15) is 0 Å². The third-order valence-electron chi connectivity index (χ3n) is 11.7. The third kappa shape index (κ3) is 34.5. The lowest BCUT2D eigenvalue weighted by Gasteiger charge is -2.14. The highest BCUT2D eigenvalue weighted by molar-refractivity contribution is 5.96. The minimum absolute atomic E-state index is 0.0470. The number of esters is 2. The molecule has 0 fully saturated rings. The van der Waals surface area contributed by atoms with Gasteiger partial charge >= 0.3 is 11.9 Å². The van der Waals surface area contributed by atoms with Gasteiger partial charge in [0.1, 0.15) is 60.8 Å². The molecule has 0 spiro atoms. The van der Waals surface area contributed by atoms with Crippen molar-refractivity contribution in [2.45, 2.75) is 78.7 Å². The van der Waals surface area contributed by atoms with Crippen LogP contribution in [0.25, 0.3) is 0 Å². The molecule has 0 atom stereocenters. The highest BCUT2D eigenvalue weighted by Crippen LogP contribution is 2.26. The van der Waals surface area contributed by atoms with Crippen molar-refractivity contribution in [3.05, 3.63) is 71.3 Å². The number of aryl methyl sites for hydroxylation is 2. The van der Waals surface area contributed by atoms with Crippen molar-refractivity contribution < 1.29 is 95.0 Å². The number of nitrogens with one attached hydrogen (secondary N) is 2. The maximum atomic E-state index is 13.7. The molecule has 0 aliphatic heterocycles. The van der Waals surface area contributed by atoms with Gasteiger partial charge in [0.05, 0.1) is 145 Å². The summed E-state index contributed by atoms with van der Waals surface area (Å²) in [6.07, 6.45) is 6.88. The molecule has 0 saturated heterocycles. The van der Waals surface area contributed by atoms with Gasteiger partial charge in [-0.3, -0.25) is 28.5 Å². The summed E-state index contributed by atoms with van der Waals surface area (Å²) in [5.74, 6) is 0.0351. The van der Waals surface area contributed by atoms with E-state index in [9.17, 15) is 19.2 Å². The summed E-state index contributed by atoms with van der Waals surface area (Å²) in [6.45, 7) is 13.5. The number of amides is 2. The molecule has 482 valence electrons. The third-order valence-corrected chi connectivity index (χ3v) is 11.7. The zero-order valence-electron chi connectivity index (χ0n) is 50.5. The van der Waals surface area contributed by atoms with Crippen LogP contribution in [-0.2, 0) is 92.7 Å². The Morgan fingerprint density at radius 2 is 0.721 bits per heavy atom. The van der Waals surface area contributed by atoms with E-state index in [1.54, 1.807) is 86.2 Å². The standard InChI is InChI=1S/C58H90N8O20/c1-5-81-55(67)11-7-9-15-65-43-49(61-63-65)45-85-53-39-47(37-51(41-53)83-35-33-79-31-29-77-27-25-75-23-21-73-19-17-71-3)57(69)59-13-14-60-58(70)48-38-52(84-36-34-80-32-30-78-28-26-76-24-22-74-20-18-72-4)42-54(40-48)86-46-50-44-66(64-62-50)16-10-8-12-56(68)82-6-2/h37-44H,5-36,45-46H2,1-4H3,(H,59,69)(H,60,70). The summed E-state index contributed by atoms with van der Waals surface area (Å²) in [4.78, 5) is 50.8. The number of hydrogen-bond donors (Lipinski definition) is 2. The smallest absolute Gasteiger partial charge is 0.305 e. The fourth-order valence-corrected chi connectivity index (χ4v) is 7.44. The lowest BCUT2D eigenvalue weighted by Crippen LogP contribution is -2.34. The Hall–Kier alpha value is -6.60. The highest BCUT2D eigenvalue weighted by Gasteiger charge is 2.15. The maximum absolute atomic E-state index is 13.7. The quantitative estimate of drug-likeness (QED) is 0.0469. The summed E-state index contributed by atoms with van der Waals surface area (Å²) in [5, 5.41) is 22.5. The fourth-order valence-electron chi connectivity index (χ4n) is 7.44. The first kappa shape index (κ1) is 71.9. The number of aromatic nitrogens is 6. The molecular weight excluding hydrogens is 1130 g/mol. The zero-order chi connectivity index (χ0) is 61.3. The van der Waals surface area contributed by atoms with Crippen LogP contribution in [0, 0.1) is 0 Å². The largest absolute Gasteiger partial charge is 0.491 e. The van der Waals surface area contributed by atoms with Crippen LogP contribution >= 0.6 is 0 Å². The Morgan fingerprint density at radius 1 is 0.407 bits per heavy atom. The lowest BCUT2D eigenvalue weighted by molar-refractivity contribution is -0.144. The molecule has 0 bridgehead atoms. The second kappa shape index (κ2) is 47.5. The first-order chi connectivity index (χ1) is 42.2. The Kier molecular flexibility index (Phi) is 39.7. The number of benzene rings is 2. The van der Waals surface area contributed by atoms with Gasteiger partial charge in [-0.15, -0.1) is 10.2 Å². The van der Waals surface area contributed by atoms with Crippen molar-refractivity contribution in [1.29, 1.82) is 0 Å². The Balaban J connectivity index is 1.30. The van der Waals surface area contributed by atoms with Gasteiger partial charge in [-0.05, 0) is 63.8 Å². The summed E-state index contributed by atoms with van der Waals surface area (Å²) < 4.78 is 91.8. The SMILES string of the molecule is CCOC(=O)CCCCn1cc(COc2cc(OCCOCCOCCOCCOCCOC)cc(C(=O)NCCNC(=O)c3cc(OCCOCCOCCOCCOCCOC)cc(OCc4cn(CCCCC(=O)OCC)nn4)c3)c2)nn1. The van der Waals surface area contributed by atoms with E-state index < -0.39 is 11.8 Å². The number of unbranched alkanes of at least 4 members (excludes halogenated alkanes) is 2. The molecule has 0 aliphatic carbocycles. The lowest BCUT2D eigenvalue weighted by atomic mass is 10.1. The minimum atomic E-state index is -0.447. The van der Waals surface area contributed by atoms with Gasteiger partial charge < -0.3 is 86.4 Å². The van der Waals surface area contributed by atoms with Crippen molar-refractivity contribution in [2.75, 3.05) is 173 Å². The predicted octanol–water partition coefficient (Wildman–Crippen LogP) is 3.84. The second-order valence-corrected chi connectivity index (χ2v) is 18.5. The van der Waals surface area contributed by atoms with Crippen molar-refractivity contribution >= 4 is 23.8 Å². The molecule has 28 heteroatoms. The van der Waals surface area contributed by atoms with E-state index in [4.69, 9.17) is 75.8 Å². The van der Waals surface area contributed by atoms with Crippen LogP contribution in [-0.4, -0.2) is 226 Å². The molecule has 2 amide bonds. The van der Waals surface area contributed by atoms with Gasteiger partial charge in [-0.25, -0.2) is 0 Å². The van der Waals surface area contributed by atoms with E-state index in [1.807, 2.05) is 0 Å². The van der Waals surface area contributed by atoms with Gasteiger partial charge in [0.25, 0.3) is 11.8 Å². The predicted molar refractivity (Wildman–Crippen MR) is 309 cm³/mol. The van der Waals surface area contributed by atoms with Crippen molar-refractivity contribution in [1.82, 2.24) is 40.6 Å². The Bertz CT molecular complexity index is 2270. The molecule has 2 aromatic carbocycles. The minimum Gasteiger partial charge on any atom is -0.491 e. The zero-order valence-corrected chi connectivity index (χ0v) is 50.5. The van der Waals surface area contributed by atoms with Gasteiger partial charge in [0, 0.05) is 76.5 Å². The van der Waals surface area contributed by atoms with Crippen LogP contribution in [0.1, 0.15) is 84.5 Å². The molecule has 28 nitrogen and oxygen atoms in total. The van der Waals surface area contributed by atoms with Crippen LogP contribution in [0.5, 0.6) is 23.0 Å². The number of carbonyl (C=O) groups excluding carboxylic acids is 4. The van der Waals surface area contributed by atoms with E-state index in [-0.39, 0.29) is 75.8 Å². The summed E-state index contributed by atoms with van der Waals surface area (Å²) in [7, 11) is 3.24. The summed E-state index contributed by atoms with van der Waals surface area (Å²) >= 11 is 0. The monoisotopic (exact) mass is 1220 g/mol. The van der Waals surface area contributed by atoms with Crippen molar-refractivity contribution in [3.8, 4) is 23.0 Å². The van der Waals surface area contributed by atoms with E-state index in [0.717, 1.165) is 0 Å². The molecule has 0 unspecified atom stereocenters. The second-order valence-electron chi connectivity index (χ2n) is 18.5.